The van der Waals surface area contributed by atoms with Crippen LogP contribution in [0.5, 0.6) is 0 Å². The predicted octanol–water partition coefficient (Wildman–Crippen LogP) is 2.13. The third-order valence-corrected chi connectivity index (χ3v) is 4.98. The van der Waals surface area contributed by atoms with Crippen LogP contribution in [0.2, 0.25) is 0 Å². The van der Waals surface area contributed by atoms with Crippen molar-refractivity contribution in [1.82, 2.24) is 15.4 Å². The Morgan fingerprint density at radius 2 is 2.17 bits per heavy atom. The maximum atomic E-state index is 12.5. The van der Waals surface area contributed by atoms with E-state index in [4.69, 9.17) is 14.0 Å². The third-order valence-electron chi connectivity index (χ3n) is 4.98. The Morgan fingerprint density at radius 3 is 2.86 bits per heavy atom. The zero-order chi connectivity index (χ0) is 20.8. The summed E-state index contributed by atoms with van der Waals surface area (Å²) >= 11 is 0. The molecular weight excluding hydrogens is 378 g/mol. The van der Waals surface area contributed by atoms with Gasteiger partial charge >= 0.3 is 12.1 Å². The minimum Gasteiger partial charge on any atom is -0.464 e. The van der Waals surface area contributed by atoms with E-state index in [1.807, 2.05) is 4.90 Å². The average Bonchev–Trinajstić information content (AvgIpc) is 3.26. The highest BCUT2D eigenvalue weighted by atomic mass is 16.6. The number of ether oxygens (including phenoxy) is 2. The fourth-order valence-electron chi connectivity index (χ4n) is 3.44. The van der Waals surface area contributed by atoms with E-state index in [0.717, 1.165) is 32.2 Å². The molecule has 1 aromatic heterocycles. The Bertz CT molecular complexity index is 757. The van der Waals surface area contributed by atoms with Gasteiger partial charge in [0, 0.05) is 24.9 Å². The van der Waals surface area contributed by atoms with Gasteiger partial charge in [0.2, 0.25) is 5.91 Å². The van der Waals surface area contributed by atoms with Crippen molar-refractivity contribution < 1.29 is 28.4 Å². The molecule has 9 heteroatoms. The van der Waals surface area contributed by atoms with Crippen LogP contribution in [0.3, 0.4) is 0 Å². The van der Waals surface area contributed by atoms with Crippen molar-refractivity contribution in [3.63, 3.8) is 0 Å². The van der Waals surface area contributed by atoms with E-state index in [2.05, 4.69) is 17.1 Å². The van der Waals surface area contributed by atoms with Crippen LogP contribution < -0.4 is 5.32 Å². The van der Waals surface area contributed by atoms with E-state index < -0.39 is 18.1 Å². The van der Waals surface area contributed by atoms with Crippen molar-refractivity contribution >= 4 is 18.0 Å². The van der Waals surface area contributed by atoms with E-state index in [-0.39, 0.29) is 37.5 Å². The first-order chi connectivity index (χ1) is 14.0. The summed E-state index contributed by atoms with van der Waals surface area (Å²) in [4.78, 5) is 38.4. The Kier molecular flexibility index (Phi) is 6.90. The summed E-state index contributed by atoms with van der Waals surface area (Å²) < 4.78 is 15.3. The van der Waals surface area contributed by atoms with Crippen LogP contribution in [0.25, 0.3) is 0 Å². The summed E-state index contributed by atoms with van der Waals surface area (Å²) in [5.41, 5.74) is 0.670. The van der Waals surface area contributed by atoms with Gasteiger partial charge in [-0.2, -0.15) is 0 Å². The molecule has 29 heavy (non-hydrogen) atoms. The molecule has 1 saturated heterocycles. The Hall–Kier alpha value is -2.84. The number of nitrogens with one attached hydrogen (secondary N) is 1. The number of esters is 1. The minimum absolute atomic E-state index is 0.0281. The minimum atomic E-state index is -0.971. The van der Waals surface area contributed by atoms with E-state index in [1.54, 1.807) is 13.0 Å². The second-order valence-corrected chi connectivity index (χ2v) is 7.22. The summed E-state index contributed by atoms with van der Waals surface area (Å²) in [5, 5.41) is 6.60. The zero-order valence-electron chi connectivity index (χ0n) is 16.6. The number of hydrogen-bond donors (Lipinski definition) is 1. The van der Waals surface area contributed by atoms with Crippen LogP contribution in [-0.4, -0.2) is 53.8 Å². The van der Waals surface area contributed by atoms with E-state index >= 15 is 0 Å². The van der Waals surface area contributed by atoms with Gasteiger partial charge in [-0.15, -0.1) is 0 Å². The van der Waals surface area contributed by atoms with Gasteiger partial charge < -0.3 is 24.2 Å². The lowest BCUT2D eigenvalue weighted by Gasteiger charge is -2.22. The van der Waals surface area contributed by atoms with Crippen molar-refractivity contribution in [2.24, 2.45) is 5.92 Å². The van der Waals surface area contributed by atoms with Crippen molar-refractivity contribution in [2.75, 3.05) is 19.8 Å². The summed E-state index contributed by atoms with van der Waals surface area (Å²) in [6.45, 7) is 6.09. The normalized spacial score (nSPS) is 19.5. The first kappa shape index (κ1) is 20.9. The molecule has 2 atom stereocenters. The molecule has 2 aliphatic rings. The summed E-state index contributed by atoms with van der Waals surface area (Å²) in [7, 11) is 0. The summed E-state index contributed by atoms with van der Waals surface area (Å²) in [6.07, 6.45) is 4.42. The Balaban J connectivity index is 1.66. The van der Waals surface area contributed by atoms with Gasteiger partial charge in [-0.3, -0.25) is 4.79 Å². The molecule has 1 saturated carbocycles. The van der Waals surface area contributed by atoms with Crippen molar-refractivity contribution in [1.29, 1.82) is 0 Å². The standard InChI is InChI=1S/C20H27N3O6/c1-3-10-28-20(26)21-16(19(25)27-4-2)12-14-11-15(22-29-14)17-6-5-9-23(17)18(24)13-7-8-13/h3,11,13,16-17H,1,4-10,12H2,2H3,(H,21,26). The second-order valence-electron chi connectivity index (χ2n) is 7.22. The quantitative estimate of drug-likeness (QED) is 0.495. The SMILES string of the molecule is C=CCOC(=O)NC(Cc1cc(C2CCCN2C(=O)C2CC2)no1)C(=O)OCC. The second kappa shape index (κ2) is 9.58. The van der Waals surface area contributed by atoms with Crippen molar-refractivity contribution in [2.45, 2.75) is 51.1 Å². The van der Waals surface area contributed by atoms with Gasteiger partial charge in [0.1, 0.15) is 24.1 Å². The van der Waals surface area contributed by atoms with Crippen LogP contribution in [0, 0.1) is 5.92 Å². The number of rotatable bonds is 9. The molecule has 1 aliphatic heterocycles. The van der Waals surface area contributed by atoms with Crippen molar-refractivity contribution in [3.8, 4) is 0 Å². The molecule has 1 N–H and O–H groups in total. The molecule has 0 spiro atoms. The third kappa shape index (κ3) is 5.36. The lowest BCUT2D eigenvalue weighted by molar-refractivity contribution is -0.145. The van der Waals surface area contributed by atoms with E-state index in [0.29, 0.717) is 11.5 Å². The van der Waals surface area contributed by atoms with E-state index in [1.165, 1.54) is 6.08 Å². The number of aromatic nitrogens is 1. The maximum absolute atomic E-state index is 12.5. The molecule has 2 fully saturated rings. The van der Waals surface area contributed by atoms with Gasteiger partial charge in [0.05, 0.1) is 12.6 Å². The first-order valence-corrected chi connectivity index (χ1v) is 10.00. The fourth-order valence-corrected chi connectivity index (χ4v) is 3.44. The molecule has 9 nitrogen and oxygen atoms in total. The highest BCUT2D eigenvalue weighted by Crippen LogP contribution is 2.38. The Morgan fingerprint density at radius 1 is 1.38 bits per heavy atom. The van der Waals surface area contributed by atoms with Gasteiger partial charge in [-0.05, 0) is 32.6 Å². The molecule has 158 valence electrons. The summed E-state index contributed by atoms with van der Waals surface area (Å²) in [6, 6.07) is 0.666. The lowest BCUT2D eigenvalue weighted by Crippen LogP contribution is -2.43. The Labute approximate surface area is 169 Å². The highest BCUT2D eigenvalue weighted by Gasteiger charge is 2.40. The predicted molar refractivity (Wildman–Crippen MR) is 102 cm³/mol. The molecule has 0 aromatic carbocycles. The van der Waals surface area contributed by atoms with Crippen LogP contribution in [0.15, 0.2) is 23.2 Å². The zero-order valence-corrected chi connectivity index (χ0v) is 16.6. The van der Waals surface area contributed by atoms with Crippen molar-refractivity contribution in [3.05, 3.63) is 30.2 Å². The number of nitrogens with zero attached hydrogens (tertiary/aromatic N) is 2. The molecule has 3 rings (SSSR count). The summed E-state index contributed by atoms with van der Waals surface area (Å²) in [5.74, 6) is 0.175. The molecule has 2 heterocycles. The van der Waals surface area contributed by atoms with Crippen LogP contribution in [0.4, 0.5) is 4.79 Å². The van der Waals surface area contributed by atoms with Crippen LogP contribution >= 0.6 is 0 Å². The number of likely N-dealkylation sites (tertiary alicyclic amines) is 1. The highest BCUT2D eigenvalue weighted by molar-refractivity contribution is 5.82. The van der Waals surface area contributed by atoms with Gasteiger partial charge in [0.25, 0.3) is 0 Å². The van der Waals surface area contributed by atoms with E-state index in [9.17, 15) is 14.4 Å². The van der Waals surface area contributed by atoms with Crippen LogP contribution in [0.1, 0.15) is 50.1 Å². The topological polar surface area (TPSA) is 111 Å². The average molecular weight is 405 g/mol. The molecule has 2 unspecified atom stereocenters. The fraction of sp³-hybridized carbons (Fsp3) is 0.600. The number of hydrogen-bond acceptors (Lipinski definition) is 7. The maximum Gasteiger partial charge on any atom is 0.408 e. The molecule has 0 radical (unpaired) electrons. The van der Waals surface area contributed by atoms with Gasteiger partial charge in [0.15, 0.2) is 0 Å². The number of amides is 2. The largest absolute Gasteiger partial charge is 0.464 e. The smallest absolute Gasteiger partial charge is 0.408 e. The molecule has 2 amide bonds. The number of carbonyl (C=O) groups is 3. The number of alkyl carbamates (subject to hydrolysis) is 1. The molecule has 1 aromatic rings. The molecular formula is C20H27N3O6. The monoisotopic (exact) mass is 405 g/mol. The molecule has 0 bridgehead atoms. The first-order valence-electron chi connectivity index (χ1n) is 10.00. The van der Waals surface area contributed by atoms with Crippen LogP contribution in [-0.2, 0) is 25.5 Å². The van der Waals surface area contributed by atoms with Gasteiger partial charge in [-0.25, -0.2) is 9.59 Å². The van der Waals surface area contributed by atoms with Gasteiger partial charge in [-0.1, -0.05) is 17.8 Å². The number of carbonyl (C=O) groups excluding carboxylic acids is 3. The lowest BCUT2D eigenvalue weighted by atomic mass is 10.1. The molecule has 1 aliphatic carbocycles.